The zero-order valence-electron chi connectivity index (χ0n) is 19.7. The predicted octanol–water partition coefficient (Wildman–Crippen LogP) is 3.04. The van der Waals surface area contributed by atoms with Crippen LogP contribution in [0.1, 0.15) is 35.9 Å². The summed E-state index contributed by atoms with van der Waals surface area (Å²) in [6.45, 7) is 3.70. The van der Waals surface area contributed by atoms with E-state index >= 15 is 0 Å². The van der Waals surface area contributed by atoms with Crippen molar-refractivity contribution in [3.8, 4) is 10.6 Å². The van der Waals surface area contributed by atoms with Crippen LogP contribution in [0.15, 0.2) is 80.7 Å². The molecule has 192 valence electrons. The molecule has 0 spiro atoms. The molecule has 10 nitrogen and oxygen atoms in total. The lowest BCUT2D eigenvalue weighted by Gasteiger charge is -2.15. The maximum atomic E-state index is 13.3. The molecule has 2 aromatic carbocycles. The van der Waals surface area contributed by atoms with Crippen LogP contribution in [0.25, 0.3) is 10.6 Å². The van der Waals surface area contributed by atoms with Crippen molar-refractivity contribution in [1.82, 2.24) is 24.4 Å². The largest absolute Gasteiger partial charge is 0.331 e. The number of sulfonamides is 1. The molecule has 0 aliphatic carbocycles. The van der Waals surface area contributed by atoms with Gasteiger partial charge in [-0.15, -0.1) is 16.2 Å². The minimum atomic E-state index is -4.04. The molecule has 2 aromatic heterocycles. The van der Waals surface area contributed by atoms with Crippen LogP contribution < -0.4 is 21.5 Å². The second-order valence-corrected chi connectivity index (χ2v) is 11.2. The number of amides is 1. The maximum absolute atomic E-state index is 13.3. The van der Waals surface area contributed by atoms with Crippen LogP contribution in [0.4, 0.5) is 0 Å². The first-order valence-corrected chi connectivity index (χ1v) is 13.7. The molecule has 13 heteroatoms. The van der Waals surface area contributed by atoms with E-state index in [1.807, 2.05) is 49.0 Å². The van der Waals surface area contributed by atoms with Crippen molar-refractivity contribution in [2.24, 2.45) is 0 Å². The molecule has 0 bridgehead atoms. The van der Waals surface area contributed by atoms with Gasteiger partial charge in [-0.3, -0.25) is 24.1 Å². The number of hydrogen-bond acceptors (Lipinski definition) is 7. The molecule has 4 rings (SSSR count). The first kappa shape index (κ1) is 26.5. The van der Waals surface area contributed by atoms with Crippen molar-refractivity contribution in [2.45, 2.75) is 31.3 Å². The number of rotatable bonds is 8. The molecule has 0 fully saturated rings. The Hall–Kier alpha value is -3.58. The Morgan fingerprint density at radius 1 is 1.08 bits per heavy atom. The summed E-state index contributed by atoms with van der Waals surface area (Å²) in [4.78, 5) is 45.1. The summed E-state index contributed by atoms with van der Waals surface area (Å²) in [5.41, 5.74) is 1.93. The topological polar surface area (TPSA) is 132 Å². The normalized spacial score (nSPS) is 11.6. The van der Waals surface area contributed by atoms with E-state index < -0.39 is 27.2 Å². The maximum Gasteiger partial charge on any atom is 0.331 e. The third-order valence-corrected chi connectivity index (χ3v) is 7.72. The zero-order chi connectivity index (χ0) is 26.7. The number of nitrogens with one attached hydrogen (secondary N) is 2. The highest BCUT2D eigenvalue weighted by molar-refractivity contribution is 7.89. The van der Waals surface area contributed by atoms with E-state index in [1.165, 1.54) is 40.4 Å². The van der Waals surface area contributed by atoms with E-state index in [-0.39, 0.29) is 33.7 Å². The Bertz CT molecular complexity index is 1660. The molecule has 0 saturated carbocycles. The summed E-state index contributed by atoms with van der Waals surface area (Å²) in [5.74, 6) is -0.818. The van der Waals surface area contributed by atoms with Crippen molar-refractivity contribution in [3.05, 3.63) is 103 Å². The Morgan fingerprint density at radius 2 is 1.76 bits per heavy atom. The molecule has 0 aliphatic heterocycles. The van der Waals surface area contributed by atoms with Crippen molar-refractivity contribution in [3.63, 3.8) is 0 Å². The van der Waals surface area contributed by atoms with Gasteiger partial charge in [-0.1, -0.05) is 41.9 Å². The Kier molecular flexibility index (Phi) is 7.73. The summed E-state index contributed by atoms with van der Waals surface area (Å²) in [7, 11) is -4.04. The lowest BCUT2D eigenvalue weighted by atomic mass is 10.2. The van der Waals surface area contributed by atoms with Gasteiger partial charge >= 0.3 is 5.69 Å². The number of aromatic nitrogens is 3. The van der Waals surface area contributed by atoms with Gasteiger partial charge in [0, 0.05) is 22.6 Å². The summed E-state index contributed by atoms with van der Waals surface area (Å²) in [5, 5.41) is 1.98. The first-order valence-electron chi connectivity index (χ1n) is 11.0. The molecule has 0 radical (unpaired) electrons. The standard InChI is InChI=1S/C24H22ClN5O5S2/c1-15(2)29-13-19(23(32)30(24(29)33)12-16-6-4-3-5-7-16)22-26-20(14-36-22)21(31)27-28-37(34,35)18-10-8-17(25)9-11-18/h3-11,13-15,28H,12H2,1-2H3,(H,27,31). The number of nitrogens with zero attached hydrogens (tertiary/aromatic N) is 3. The molecular weight excluding hydrogens is 538 g/mol. The number of hydrazine groups is 1. The highest BCUT2D eigenvalue weighted by atomic mass is 35.5. The Labute approximate surface area is 221 Å². The average Bonchev–Trinajstić information content (AvgIpc) is 3.36. The first-order chi connectivity index (χ1) is 17.6. The Balaban J connectivity index is 1.61. The van der Waals surface area contributed by atoms with E-state index in [2.05, 4.69) is 10.4 Å². The lowest BCUT2D eigenvalue weighted by Crippen LogP contribution is -2.41. The summed E-state index contributed by atoms with van der Waals surface area (Å²) in [6, 6.07) is 14.3. The van der Waals surface area contributed by atoms with Gasteiger partial charge in [-0.25, -0.2) is 18.2 Å². The monoisotopic (exact) mass is 559 g/mol. The summed E-state index contributed by atoms with van der Waals surface area (Å²) < 4.78 is 27.4. The van der Waals surface area contributed by atoms with Gasteiger partial charge in [0.15, 0.2) is 0 Å². The van der Waals surface area contributed by atoms with Crippen LogP contribution in [0, 0.1) is 0 Å². The van der Waals surface area contributed by atoms with Crippen molar-refractivity contribution >= 4 is 38.9 Å². The minimum absolute atomic E-state index is 0.0737. The Morgan fingerprint density at radius 3 is 2.41 bits per heavy atom. The van der Waals surface area contributed by atoms with E-state index in [1.54, 1.807) is 0 Å². The number of carbonyl (C=O) groups excluding carboxylic acids is 1. The van der Waals surface area contributed by atoms with Crippen molar-refractivity contribution < 1.29 is 13.2 Å². The number of halogens is 1. The van der Waals surface area contributed by atoms with E-state index in [0.717, 1.165) is 21.5 Å². The van der Waals surface area contributed by atoms with E-state index in [4.69, 9.17) is 11.6 Å². The molecule has 0 saturated heterocycles. The second-order valence-electron chi connectivity index (χ2n) is 8.25. The molecule has 0 unspecified atom stereocenters. The van der Waals surface area contributed by atoms with Gasteiger partial charge in [0.05, 0.1) is 17.0 Å². The van der Waals surface area contributed by atoms with Crippen molar-refractivity contribution in [2.75, 3.05) is 0 Å². The van der Waals surface area contributed by atoms with Crippen LogP contribution in [0.3, 0.4) is 0 Å². The van der Waals surface area contributed by atoms with Crippen LogP contribution in [0.5, 0.6) is 0 Å². The van der Waals surface area contributed by atoms with Gasteiger partial charge in [0.25, 0.3) is 21.5 Å². The molecule has 2 heterocycles. The number of carbonyl (C=O) groups is 1. The van der Waals surface area contributed by atoms with Gasteiger partial charge < -0.3 is 0 Å². The average molecular weight is 560 g/mol. The predicted molar refractivity (Wildman–Crippen MR) is 141 cm³/mol. The van der Waals surface area contributed by atoms with E-state index in [9.17, 15) is 22.8 Å². The summed E-state index contributed by atoms with van der Waals surface area (Å²) in [6.07, 6.45) is 1.43. The molecule has 0 aliphatic rings. The molecule has 4 aromatic rings. The number of hydrogen-bond donors (Lipinski definition) is 2. The van der Waals surface area contributed by atoms with Crippen LogP contribution in [-0.2, 0) is 16.6 Å². The molecular formula is C24H22ClN5O5S2. The second kappa shape index (κ2) is 10.8. The van der Waals surface area contributed by atoms with Crippen LogP contribution in [-0.4, -0.2) is 28.4 Å². The van der Waals surface area contributed by atoms with Crippen LogP contribution in [0.2, 0.25) is 5.02 Å². The van der Waals surface area contributed by atoms with Gasteiger partial charge in [-0.05, 0) is 43.7 Å². The SMILES string of the molecule is CC(C)n1cc(-c2nc(C(=O)NNS(=O)(=O)c3ccc(Cl)cc3)cs2)c(=O)n(Cc2ccccc2)c1=O. The minimum Gasteiger partial charge on any atom is -0.297 e. The van der Waals surface area contributed by atoms with Crippen LogP contribution >= 0.6 is 22.9 Å². The molecule has 1 amide bonds. The quantitative estimate of drug-likeness (QED) is 0.319. The fourth-order valence-corrected chi connectivity index (χ4v) is 5.16. The lowest BCUT2D eigenvalue weighted by molar-refractivity contribution is 0.0941. The number of thiazole rings is 1. The fourth-order valence-electron chi connectivity index (χ4n) is 3.40. The van der Waals surface area contributed by atoms with E-state index in [0.29, 0.717) is 5.02 Å². The smallest absolute Gasteiger partial charge is 0.297 e. The molecule has 2 N–H and O–H groups in total. The number of benzene rings is 2. The zero-order valence-corrected chi connectivity index (χ0v) is 22.1. The molecule has 37 heavy (non-hydrogen) atoms. The highest BCUT2D eigenvalue weighted by Gasteiger charge is 2.21. The van der Waals surface area contributed by atoms with Gasteiger partial charge in [-0.2, -0.15) is 0 Å². The highest BCUT2D eigenvalue weighted by Crippen LogP contribution is 2.21. The van der Waals surface area contributed by atoms with Gasteiger partial charge in [0.1, 0.15) is 10.7 Å². The third-order valence-electron chi connectivity index (χ3n) is 5.33. The fraction of sp³-hybridized carbons (Fsp3) is 0.167. The summed E-state index contributed by atoms with van der Waals surface area (Å²) >= 11 is 6.81. The van der Waals surface area contributed by atoms with Gasteiger partial charge in [0.2, 0.25) is 0 Å². The van der Waals surface area contributed by atoms with Crippen molar-refractivity contribution in [1.29, 1.82) is 0 Å². The third kappa shape index (κ3) is 5.88. The molecule has 0 atom stereocenters.